The SMILES string of the molecule is [2H]C(C)(C)c1ccnc(-c2[c-]c3sc4ccccc4c3c3c2sc2ccccc23)c1.[CH3][Ge]([CH3])([CH3])[c]1ccc(-c2[c-]cccc2)nc1.[Ir]. The van der Waals surface area contributed by atoms with Crippen molar-refractivity contribution in [3.8, 4) is 22.5 Å². The molecule has 0 aliphatic rings. The van der Waals surface area contributed by atoms with E-state index < -0.39 is 19.2 Å². The summed E-state index contributed by atoms with van der Waals surface area (Å²) in [6.07, 6.45) is 3.86. The number of pyridine rings is 2. The van der Waals surface area contributed by atoms with E-state index >= 15 is 0 Å². The summed E-state index contributed by atoms with van der Waals surface area (Å²) < 4.78 is 14.8. The number of rotatable bonds is 4. The molecule has 0 spiro atoms. The van der Waals surface area contributed by atoms with Gasteiger partial charge in [0.15, 0.2) is 0 Å². The Labute approximate surface area is 296 Å². The molecule has 4 aromatic carbocycles. The molecule has 0 unspecified atom stereocenters. The molecular formula is C40H34GeIrN2S2-2. The van der Waals surface area contributed by atoms with Crippen molar-refractivity contribution < 1.29 is 21.5 Å². The standard InChI is InChI=1S/C26H18NS2.C14H16GeN.Ir/c1-15(2)16-11-12-27-20(13-16)19-14-23-24(17-7-3-5-9-21(17)28-23)25-18-8-4-6-10-22(18)29-26(19)25;1-15(2,3)13-9-10-14(16-11-13)12-7-5-4-6-8-12;/h3-13,15H,1-2H3;4-7,9-11H,1-3H3;/q2*-1;/i15D;;. The summed E-state index contributed by atoms with van der Waals surface area (Å²) in [7, 11) is 0. The Kier molecular flexibility index (Phi) is 9.22. The van der Waals surface area contributed by atoms with Gasteiger partial charge in [-0.3, -0.25) is 0 Å². The molecule has 4 heterocycles. The molecule has 0 atom stereocenters. The number of aromatic nitrogens is 2. The summed E-state index contributed by atoms with van der Waals surface area (Å²) in [6.45, 7) is 3.83. The quantitative estimate of drug-likeness (QED) is 0.130. The Hall–Kier alpha value is -3.19. The molecule has 8 aromatic rings. The third-order valence-electron chi connectivity index (χ3n) is 8.11. The van der Waals surface area contributed by atoms with Gasteiger partial charge < -0.3 is 4.98 Å². The largest absolute Gasteiger partial charge is 0 e. The maximum Gasteiger partial charge on any atom is 0 e. The molecule has 0 bridgehead atoms. The molecule has 6 heteroatoms. The summed E-state index contributed by atoms with van der Waals surface area (Å²) in [6, 6.07) is 40.5. The molecule has 0 fully saturated rings. The smallest absolute Gasteiger partial charge is 0 e. The van der Waals surface area contributed by atoms with Crippen LogP contribution in [0, 0.1) is 12.1 Å². The molecule has 0 aliphatic heterocycles. The van der Waals surface area contributed by atoms with Gasteiger partial charge in [0.1, 0.15) is 0 Å². The summed E-state index contributed by atoms with van der Waals surface area (Å²) in [5.74, 6) is 6.47. The normalized spacial score (nSPS) is 12.2. The first kappa shape index (κ1) is 31.4. The van der Waals surface area contributed by atoms with Gasteiger partial charge in [-0.1, -0.05) is 72.6 Å². The van der Waals surface area contributed by atoms with E-state index in [1.54, 1.807) is 11.3 Å². The van der Waals surface area contributed by atoms with Crippen LogP contribution >= 0.6 is 22.7 Å². The zero-order valence-electron chi connectivity index (χ0n) is 27.4. The third-order valence-corrected chi connectivity index (χ3v) is 14.6. The molecule has 46 heavy (non-hydrogen) atoms. The van der Waals surface area contributed by atoms with Crippen LogP contribution in [0.3, 0.4) is 0 Å². The number of fused-ring (bicyclic) bond motifs is 7. The van der Waals surface area contributed by atoms with Crippen LogP contribution in [0.25, 0.3) is 62.9 Å². The Morgan fingerprint density at radius 2 is 1.46 bits per heavy atom. The first-order chi connectivity index (χ1) is 22.1. The summed E-state index contributed by atoms with van der Waals surface area (Å²) in [4.78, 5) is 9.23. The van der Waals surface area contributed by atoms with Crippen LogP contribution in [0.1, 0.15) is 26.7 Å². The maximum atomic E-state index is 8.45. The van der Waals surface area contributed by atoms with Crippen molar-refractivity contribution in [2.75, 3.05) is 0 Å². The minimum atomic E-state index is -1.72. The number of hydrogen-bond donors (Lipinski definition) is 0. The van der Waals surface area contributed by atoms with Gasteiger partial charge in [0.05, 0.1) is 0 Å². The summed E-state index contributed by atoms with van der Waals surface area (Å²) in [5.41, 5.74) is 4.97. The molecule has 0 N–H and O–H groups in total. The van der Waals surface area contributed by atoms with Crippen LogP contribution in [0.4, 0.5) is 0 Å². The minimum absolute atomic E-state index is 0. The zero-order chi connectivity index (χ0) is 32.1. The van der Waals surface area contributed by atoms with Crippen molar-refractivity contribution in [1.29, 1.82) is 0 Å². The van der Waals surface area contributed by atoms with Gasteiger partial charge in [0.25, 0.3) is 0 Å². The predicted octanol–water partition coefficient (Wildman–Crippen LogP) is 11.5. The topological polar surface area (TPSA) is 25.8 Å². The van der Waals surface area contributed by atoms with Gasteiger partial charge in [-0.2, -0.15) is 22.7 Å². The molecular weight excluding hydrogens is 837 g/mol. The van der Waals surface area contributed by atoms with E-state index in [9.17, 15) is 0 Å². The van der Waals surface area contributed by atoms with Gasteiger partial charge in [0, 0.05) is 37.1 Å². The fourth-order valence-electron chi connectivity index (χ4n) is 5.63. The van der Waals surface area contributed by atoms with Crippen LogP contribution in [0.15, 0.2) is 109 Å². The third kappa shape index (κ3) is 6.36. The van der Waals surface area contributed by atoms with E-state index in [1.165, 1.54) is 44.7 Å². The number of nitrogens with zero attached hydrogens (tertiary/aromatic N) is 2. The van der Waals surface area contributed by atoms with Crippen molar-refractivity contribution in [3.63, 3.8) is 0 Å². The van der Waals surface area contributed by atoms with E-state index in [4.69, 9.17) is 6.35 Å². The second-order valence-corrected chi connectivity index (χ2v) is 25.2. The Balaban J connectivity index is 0.000000194. The summed E-state index contributed by atoms with van der Waals surface area (Å²) >= 11 is 1.89. The second kappa shape index (κ2) is 13.5. The zero-order valence-corrected chi connectivity index (χ0v) is 32.6. The van der Waals surface area contributed by atoms with E-state index in [0.29, 0.717) is 0 Å². The van der Waals surface area contributed by atoms with Crippen molar-refractivity contribution in [2.24, 2.45) is 0 Å². The number of thiophene rings is 2. The molecule has 1 radical (unpaired) electrons. The van der Waals surface area contributed by atoms with Crippen molar-refractivity contribution in [2.45, 2.75) is 37.0 Å². The Morgan fingerprint density at radius 1 is 0.761 bits per heavy atom. The van der Waals surface area contributed by atoms with Gasteiger partial charge in [-0.05, 0) is 50.0 Å². The van der Waals surface area contributed by atoms with E-state index in [1.807, 2.05) is 67.9 Å². The fraction of sp³-hybridized carbons (Fsp3) is 0.150. The van der Waals surface area contributed by atoms with Crippen molar-refractivity contribution in [1.82, 2.24) is 9.97 Å². The molecule has 0 amide bonds. The Bertz CT molecular complexity index is 2330. The molecule has 0 saturated heterocycles. The van der Waals surface area contributed by atoms with Crippen LogP contribution in [0.5, 0.6) is 0 Å². The van der Waals surface area contributed by atoms with Gasteiger partial charge in [0.2, 0.25) is 0 Å². The van der Waals surface area contributed by atoms with Crippen LogP contribution in [-0.2, 0) is 20.1 Å². The van der Waals surface area contributed by atoms with Crippen LogP contribution < -0.4 is 4.40 Å². The first-order valence-corrected chi connectivity index (χ1v) is 24.1. The average molecular weight is 873 g/mol. The van der Waals surface area contributed by atoms with Gasteiger partial charge >= 0.3 is 99.8 Å². The maximum absolute atomic E-state index is 8.45. The molecule has 0 saturated carbocycles. The van der Waals surface area contributed by atoms with Crippen molar-refractivity contribution in [3.05, 3.63) is 127 Å². The average Bonchev–Trinajstić information content (AvgIpc) is 3.63. The van der Waals surface area contributed by atoms with Gasteiger partial charge in [-0.15, -0.1) is 11.6 Å². The summed E-state index contributed by atoms with van der Waals surface area (Å²) in [5, 5.41) is 5.18. The number of benzene rings is 4. The molecule has 4 aromatic heterocycles. The minimum Gasteiger partial charge on any atom is 0 e. The second-order valence-electron chi connectivity index (χ2n) is 12.5. The number of hydrogen-bond acceptors (Lipinski definition) is 4. The first-order valence-electron chi connectivity index (χ1n) is 15.7. The molecule has 8 rings (SSSR count). The molecule has 2 nitrogen and oxygen atoms in total. The van der Waals surface area contributed by atoms with Crippen LogP contribution in [0.2, 0.25) is 17.3 Å². The van der Waals surface area contributed by atoms with E-state index in [2.05, 4.69) is 101 Å². The monoisotopic (exact) mass is 874 g/mol. The fourth-order valence-corrected chi connectivity index (χ4v) is 10.1. The predicted molar refractivity (Wildman–Crippen MR) is 200 cm³/mol. The van der Waals surface area contributed by atoms with Crippen LogP contribution in [-0.4, -0.2) is 23.2 Å². The van der Waals surface area contributed by atoms with Crippen molar-refractivity contribution >= 4 is 80.7 Å². The van der Waals surface area contributed by atoms with E-state index in [0.717, 1.165) is 28.1 Å². The molecule has 231 valence electrons. The molecule has 0 aliphatic carbocycles. The van der Waals surface area contributed by atoms with Gasteiger partial charge in [-0.25, -0.2) is 0 Å². The Morgan fingerprint density at radius 3 is 2.11 bits per heavy atom. The van der Waals surface area contributed by atoms with E-state index in [-0.39, 0.29) is 20.1 Å².